The first-order valence-electron chi connectivity index (χ1n) is 6.57. The Balaban J connectivity index is 2.88. The van der Waals surface area contributed by atoms with Gasteiger partial charge in [-0.2, -0.15) is 0 Å². The van der Waals surface area contributed by atoms with Crippen molar-refractivity contribution in [3.63, 3.8) is 0 Å². The van der Waals surface area contributed by atoms with Gasteiger partial charge in [0.25, 0.3) is 5.91 Å². The molecule has 0 spiro atoms. The maximum atomic E-state index is 14.1. The zero-order chi connectivity index (χ0) is 16.0. The van der Waals surface area contributed by atoms with Gasteiger partial charge in [0.05, 0.1) is 5.56 Å². The summed E-state index contributed by atoms with van der Waals surface area (Å²) in [5, 5.41) is 7.50. The van der Waals surface area contributed by atoms with Crippen molar-refractivity contribution in [1.82, 2.24) is 5.32 Å². The van der Waals surface area contributed by atoms with Crippen LogP contribution < -0.4 is 10.5 Å². The lowest BCUT2D eigenvalue weighted by Crippen LogP contribution is -2.26. The highest BCUT2D eigenvalue weighted by molar-refractivity contribution is 9.10. The van der Waals surface area contributed by atoms with Crippen molar-refractivity contribution < 1.29 is 17.6 Å². The lowest BCUT2D eigenvalue weighted by Gasteiger charge is -2.09. The van der Waals surface area contributed by atoms with Gasteiger partial charge < -0.3 is 5.32 Å². The van der Waals surface area contributed by atoms with Crippen LogP contribution in [0.5, 0.6) is 0 Å². The Labute approximate surface area is 132 Å². The Morgan fingerprint density at radius 1 is 1.33 bits per heavy atom. The quantitative estimate of drug-likeness (QED) is 0.712. The second-order valence-corrected chi connectivity index (χ2v) is 7.07. The number of hydrogen-bond acceptors (Lipinski definition) is 3. The molecule has 1 amide bonds. The standard InChI is InChI=1S/C13H18BrFN2O3S/c1-2-3-4-5-6-17-13(18)10-7-9(14)8-11(12(10)15)21(16,19)20/h7-8H,2-6H2,1H3,(H,17,18)(H2,16,19,20). The summed E-state index contributed by atoms with van der Waals surface area (Å²) >= 11 is 3.04. The van der Waals surface area contributed by atoms with Crippen LogP contribution in [0.2, 0.25) is 0 Å². The van der Waals surface area contributed by atoms with Gasteiger partial charge in [-0.3, -0.25) is 4.79 Å². The topological polar surface area (TPSA) is 89.3 Å². The first kappa shape index (κ1) is 18.1. The van der Waals surface area contributed by atoms with Gasteiger partial charge in [-0.15, -0.1) is 0 Å². The van der Waals surface area contributed by atoms with Gasteiger partial charge in [0.2, 0.25) is 10.0 Å². The van der Waals surface area contributed by atoms with Crippen molar-refractivity contribution in [3.05, 3.63) is 28.0 Å². The highest BCUT2D eigenvalue weighted by atomic mass is 79.9. The molecule has 21 heavy (non-hydrogen) atoms. The summed E-state index contributed by atoms with van der Waals surface area (Å²) in [6.45, 7) is 2.49. The monoisotopic (exact) mass is 380 g/mol. The molecule has 0 aliphatic rings. The number of amides is 1. The zero-order valence-corrected chi connectivity index (χ0v) is 14.1. The summed E-state index contributed by atoms with van der Waals surface area (Å²) in [4.78, 5) is 11.2. The first-order valence-corrected chi connectivity index (χ1v) is 8.91. The fourth-order valence-electron chi connectivity index (χ4n) is 1.79. The SMILES string of the molecule is CCCCCCNC(=O)c1cc(Br)cc(S(N)(=O)=O)c1F. The predicted molar refractivity (Wildman–Crippen MR) is 81.9 cm³/mol. The van der Waals surface area contributed by atoms with E-state index in [9.17, 15) is 17.6 Å². The molecular weight excluding hydrogens is 363 g/mol. The van der Waals surface area contributed by atoms with E-state index in [1.165, 1.54) is 6.07 Å². The van der Waals surface area contributed by atoms with E-state index in [-0.39, 0.29) is 10.0 Å². The van der Waals surface area contributed by atoms with E-state index in [1.54, 1.807) is 0 Å². The highest BCUT2D eigenvalue weighted by Gasteiger charge is 2.22. The molecule has 8 heteroatoms. The first-order chi connectivity index (χ1) is 9.77. The maximum Gasteiger partial charge on any atom is 0.254 e. The van der Waals surface area contributed by atoms with Crippen LogP contribution in [0.25, 0.3) is 0 Å². The molecule has 3 N–H and O–H groups in total. The minimum absolute atomic E-state index is 0.268. The van der Waals surface area contributed by atoms with Crippen LogP contribution in [-0.4, -0.2) is 20.9 Å². The molecule has 1 aromatic carbocycles. The number of carbonyl (C=O) groups excluding carboxylic acids is 1. The molecule has 0 saturated heterocycles. The summed E-state index contributed by atoms with van der Waals surface area (Å²) in [6.07, 6.45) is 3.90. The normalized spacial score (nSPS) is 11.4. The van der Waals surface area contributed by atoms with Crippen molar-refractivity contribution >= 4 is 31.9 Å². The Morgan fingerprint density at radius 2 is 2.00 bits per heavy atom. The fourth-order valence-corrected chi connectivity index (χ4v) is 3.05. The van der Waals surface area contributed by atoms with Gasteiger partial charge in [-0.1, -0.05) is 42.1 Å². The molecule has 5 nitrogen and oxygen atoms in total. The lowest BCUT2D eigenvalue weighted by atomic mass is 10.2. The minimum Gasteiger partial charge on any atom is -0.352 e. The molecule has 0 atom stereocenters. The van der Waals surface area contributed by atoms with Gasteiger partial charge in [-0.25, -0.2) is 17.9 Å². The van der Waals surface area contributed by atoms with Crippen LogP contribution in [-0.2, 0) is 10.0 Å². The Morgan fingerprint density at radius 3 is 2.57 bits per heavy atom. The van der Waals surface area contributed by atoms with E-state index < -0.39 is 26.6 Å². The molecule has 0 aliphatic carbocycles. The molecule has 0 bridgehead atoms. The van der Waals surface area contributed by atoms with Crippen molar-refractivity contribution in [2.24, 2.45) is 5.14 Å². The van der Waals surface area contributed by atoms with Gasteiger partial charge >= 0.3 is 0 Å². The zero-order valence-electron chi connectivity index (χ0n) is 11.7. The molecule has 0 unspecified atom stereocenters. The number of rotatable bonds is 7. The number of nitrogens with one attached hydrogen (secondary N) is 1. The number of nitrogens with two attached hydrogens (primary N) is 1. The average molecular weight is 381 g/mol. The van der Waals surface area contributed by atoms with Crippen LogP contribution >= 0.6 is 15.9 Å². The fraction of sp³-hybridized carbons (Fsp3) is 0.462. The molecule has 0 heterocycles. The van der Waals surface area contributed by atoms with Crippen LogP contribution in [0.15, 0.2) is 21.5 Å². The van der Waals surface area contributed by atoms with Crippen molar-refractivity contribution in [2.45, 2.75) is 37.5 Å². The predicted octanol–water partition coefficient (Wildman–Crippen LogP) is 2.55. The number of carbonyl (C=O) groups is 1. The largest absolute Gasteiger partial charge is 0.352 e. The van der Waals surface area contributed by atoms with Gasteiger partial charge in [0.15, 0.2) is 5.82 Å². The smallest absolute Gasteiger partial charge is 0.254 e. The molecule has 0 radical (unpaired) electrons. The molecule has 0 saturated carbocycles. The number of primary sulfonamides is 1. The van der Waals surface area contributed by atoms with E-state index in [0.29, 0.717) is 6.54 Å². The van der Waals surface area contributed by atoms with E-state index in [4.69, 9.17) is 5.14 Å². The molecule has 0 aliphatic heterocycles. The van der Waals surface area contributed by atoms with Gasteiger partial charge in [0.1, 0.15) is 4.90 Å². The van der Waals surface area contributed by atoms with Crippen molar-refractivity contribution in [2.75, 3.05) is 6.54 Å². The molecule has 118 valence electrons. The van der Waals surface area contributed by atoms with Crippen LogP contribution in [0, 0.1) is 5.82 Å². The van der Waals surface area contributed by atoms with E-state index >= 15 is 0 Å². The average Bonchev–Trinajstić information content (AvgIpc) is 2.39. The number of unbranched alkanes of at least 4 members (excludes halogenated alkanes) is 3. The van der Waals surface area contributed by atoms with Crippen LogP contribution in [0.4, 0.5) is 4.39 Å². The van der Waals surface area contributed by atoms with Crippen molar-refractivity contribution in [1.29, 1.82) is 0 Å². The summed E-state index contributed by atoms with van der Waals surface area (Å²) in [5.41, 5.74) is -0.344. The van der Waals surface area contributed by atoms with E-state index in [0.717, 1.165) is 31.7 Å². The van der Waals surface area contributed by atoms with Gasteiger partial charge in [0, 0.05) is 11.0 Å². The Kier molecular flexibility index (Phi) is 6.76. The third-order valence-corrected chi connectivity index (χ3v) is 4.24. The number of sulfonamides is 1. The third kappa shape index (κ3) is 5.37. The molecule has 0 fully saturated rings. The lowest BCUT2D eigenvalue weighted by molar-refractivity contribution is 0.0948. The maximum absolute atomic E-state index is 14.1. The third-order valence-electron chi connectivity index (χ3n) is 2.87. The summed E-state index contributed by atoms with van der Waals surface area (Å²) < 4.78 is 37.0. The molecular formula is C13H18BrFN2O3S. The molecule has 1 rings (SSSR count). The molecule has 1 aromatic rings. The number of halogens is 2. The molecule has 0 aromatic heterocycles. The minimum atomic E-state index is -4.23. The number of hydrogen-bond donors (Lipinski definition) is 2. The second-order valence-electron chi connectivity index (χ2n) is 4.63. The van der Waals surface area contributed by atoms with Crippen molar-refractivity contribution in [3.8, 4) is 0 Å². The van der Waals surface area contributed by atoms with E-state index in [1.807, 2.05) is 0 Å². The number of benzene rings is 1. The summed E-state index contributed by atoms with van der Waals surface area (Å²) in [7, 11) is -4.23. The Bertz CT molecular complexity index is 620. The highest BCUT2D eigenvalue weighted by Crippen LogP contribution is 2.23. The second kappa shape index (κ2) is 7.86. The van der Waals surface area contributed by atoms with E-state index in [2.05, 4.69) is 28.2 Å². The van der Waals surface area contributed by atoms with Gasteiger partial charge in [-0.05, 0) is 18.6 Å². The summed E-state index contributed by atoms with van der Waals surface area (Å²) in [6, 6.07) is 2.26. The van der Waals surface area contributed by atoms with Crippen LogP contribution in [0.3, 0.4) is 0 Å². The Hall–Kier alpha value is -0.990. The van der Waals surface area contributed by atoms with Crippen LogP contribution in [0.1, 0.15) is 43.0 Å². The summed E-state index contributed by atoms with van der Waals surface area (Å²) in [5.74, 6) is -1.79.